The number of rotatable bonds is 4. The van der Waals surface area contributed by atoms with E-state index in [-0.39, 0.29) is 6.42 Å². The molecule has 0 spiro atoms. The highest BCUT2D eigenvalue weighted by atomic mass is 16.5. The van der Waals surface area contributed by atoms with Gasteiger partial charge >= 0.3 is 11.9 Å². The Kier molecular flexibility index (Phi) is 5.46. The van der Waals surface area contributed by atoms with Gasteiger partial charge in [0, 0.05) is 17.9 Å². The van der Waals surface area contributed by atoms with E-state index >= 15 is 0 Å². The average molecular weight is 246 g/mol. The molecule has 0 aliphatic heterocycles. The molecule has 0 bridgehead atoms. The number of ether oxygens (including phenoxy) is 1. The molecule has 1 N–H and O–H groups in total. The van der Waals surface area contributed by atoms with Crippen LogP contribution in [0.15, 0.2) is 24.3 Å². The number of carboxylic acids is 1. The lowest BCUT2D eigenvalue weighted by Gasteiger charge is -1.98. The maximum Gasteiger partial charge on any atom is 0.384 e. The molecule has 0 saturated carbocycles. The summed E-state index contributed by atoms with van der Waals surface area (Å²) in [5, 5.41) is 8.55. The first-order valence-electron chi connectivity index (χ1n) is 5.61. The Morgan fingerprint density at radius 3 is 2.50 bits per heavy atom. The second-order valence-electron chi connectivity index (χ2n) is 3.56. The Morgan fingerprint density at radius 2 is 1.94 bits per heavy atom. The van der Waals surface area contributed by atoms with Crippen molar-refractivity contribution in [3.8, 4) is 11.8 Å². The summed E-state index contributed by atoms with van der Waals surface area (Å²) < 4.78 is 4.67. The summed E-state index contributed by atoms with van der Waals surface area (Å²) in [5.74, 6) is 3.68. The number of hydrogen-bond donors (Lipinski definition) is 1. The smallest absolute Gasteiger partial charge is 0.384 e. The van der Waals surface area contributed by atoms with E-state index in [4.69, 9.17) is 5.11 Å². The van der Waals surface area contributed by atoms with Crippen LogP contribution in [0.1, 0.15) is 24.5 Å². The third kappa shape index (κ3) is 5.17. The molecule has 4 nitrogen and oxygen atoms in total. The van der Waals surface area contributed by atoms with Crippen LogP contribution in [0.5, 0.6) is 0 Å². The van der Waals surface area contributed by atoms with Crippen LogP contribution in [0.2, 0.25) is 0 Å². The minimum absolute atomic E-state index is 0.105. The summed E-state index contributed by atoms with van der Waals surface area (Å²) in [6.07, 6.45) is 0.592. The molecule has 18 heavy (non-hydrogen) atoms. The van der Waals surface area contributed by atoms with Crippen LogP contribution in [-0.2, 0) is 20.7 Å². The lowest BCUT2D eigenvalue weighted by atomic mass is 10.1. The largest absolute Gasteiger partial charge is 0.481 e. The van der Waals surface area contributed by atoms with Crippen molar-refractivity contribution in [1.29, 1.82) is 0 Å². The van der Waals surface area contributed by atoms with Crippen LogP contribution in [0.3, 0.4) is 0 Å². The van der Waals surface area contributed by atoms with Gasteiger partial charge in [-0.2, -0.15) is 0 Å². The molecular formula is C14H14O4. The van der Waals surface area contributed by atoms with Gasteiger partial charge in [-0.3, -0.25) is 4.79 Å². The second-order valence-corrected chi connectivity index (χ2v) is 3.56. The van der Waals surface area contributed by atoms with Crippen molar-refractivity contribution in [1.82, 2.24) is 0 Å². The third-order valence-electron chi connectivity index (χ3n) is 2.17. The predicted molar refractivity (Wildman–Crippen MR) is 65.9 cm³/mol. The Hall–Kier alpha value is -2.28. The molecule has 0 aliphatic carbocycles. The van der Waals surface area contributed by atoms with E-state index in [2.05, 4.69) is 16.6 Å². The number of esters is 1. The number of carboxylic acid groups (broad SMARTS) is 1. The summed E-state index contributed by atoms with van der Waals surface area (Å²) in [5.41, 5.74) is 1.63. The van der Waals surface area contributed by atoms with Crippen molar-refractivity contribution in [2.45, 2.75) is 19.8 Å². The fourth-order valence-corrected chi connectivity index (χ4v) is 1.30. The Labute approximate surface area is 106 Å². The molecule has 0 heterocycles. The van der Waals surface area contributed by atoms with Crippen molar-refractivity contribution in [2.75, 3.05) is 6.61 Å². The first-order chi connectivity index (χ1) is 8.61. The molecule has 0 atom stereocenters. The van der Waals surface area contributed by atoms with E-state index in [0.717, 1.165) is 5.56 Å². The van der Waals surface area contributed by atoms with Crippen LogP contribution >= 0.6 is 0 Å². The number of aryl methyl sites for hydroxylation is 1. The van der Waals surface area contributed by atoms with E-state index in [1.807, 2.05) is 0 Å². The Bertz CT molecular complexity index is 477. The molecular weight excluding hydrogens is 232 g/mol. The fourth-order valence-electron chi connectivity index (χ4n) is 1.30. The zero-order valence-electron chi connectivity index (χ0n) is 10.1. The molecule has 0 aliphatic rings. The van der Waals surface area contributed by atoms with E-state index in [1.165, 1.54) is 0 Å². The topological polar surface area (TPSA) is 63.6 Å². The predicted octanol–water partition coefficient (Wildman–Crippen LogP) is 1.62. The first-order valence-corrected chi connectivity index (χ1v) is 5.61. The van der Waals surface area contributed by atoms with E-state index in [9.17, 15) is 9.59 Å². The number of hydrogen-bond acceptors (Lipinski definition) is 3. The van der Waals surface area contributed by atoms with Crippen LogP contribution < -0.4 is 0 Å². The molecule has 0 unspecified atom stereocenters. The molecule has 1 aromatic carbocycles. The number of carbonyl (C=O) groups is 2. The summed E-state index contributed by atoms with van der Waals surface area (Å²) >= 11 is 0. The third-order valence-corrected chi connectivity index (χ3v) is 2.17. The maximum absolute atomic E-state index is 11.0. The highest BCUT2D eigenvalue weighted by Gasteiger charge is 1.99. The number of carbonyl (C=O) groups excluding carboxylic acids is 1. The number of benzene rings is 1. The molecule has 4 heteroatoms. The van der Waals surface area contributed by atoms with Gasteiger partial charge in [0.25, 0.3) is 0 Å². The quantitative estimate of drug-likeness (QED) is 0.647. The van der Waals surface area contributed by atoms with Crippen molar-refractivity contribution >= 4 is 11.9 Å². The van der Waals surface area contributed by atoms with Gasteiger partial charge in [0.2, 0.25) is 0 Å². The summed E-state index contributed by atoms with van der Waals surface area (Å²) in [6, 6.07) is 7.11. The van der Waals surface area contributed by atoms with Gasteiger partial charge in [0.1, 0.15) is 0 Å². The number of aliphatic carboxylic acids is 1. The van der Waals surface area contributed by atoms with E-state index in [0.29, 0.717) is 18.6 Å². The standard InChI is InChI=1S/C14H14O4/c1-2-18-14(17)10-8-12-5-3-11(4-6-12)7-9-13(15)16/h3-6H,2,7,9H2,1H3,(H,15,16). The van der Waals surface area contributed by atoms with Crippen molar-refractivity contribution in [3.05, 3.63) is 35.4 Å². The first kappa shape index (κ1) is 13.8. The van der Waals surface area contributed by atoms with Gasteiger partial charge in [-0.1, -0.05) is 18.1 Å². The molecule has 1 aromatic rings. The minimum atomic E-state index is -0.818. The van der Waals surface area contributed by atoms with E-state index < -0.39 is 11.9 Å². The molecule has 0 aromatic heterocycles. The van der Waals surface area contributed by atoms with Gasteiger partial charge < -0.3 is 9.84 Å². The normalized spacial score (nSPS) is 9.17. The Morgan fingerprint density at radius 1 is 1.28 bits per heavy atom. The van der Waals surface area contributed by atoms with Gasteiger partial charge in [0.15, 0.2) is 0 Å². The zero-order valence-corrected chi connectivity index (χ0v) is 10.1. The fraction of sp³-hybridized carbons (Fsp3) is 0.286. The van der Waals surface area contributed by atoms with Gasteiger partial charge in [-0.15, -0.1) is 0 Å². The summed E-state index contributed by atoms with van der Waals surface area (Å²) in [6.45, 7) is 2.03. The molecule has 0 radical (unpaired) electrons. The second kappa shape index (κ2) is 7.13. The van der Waals surface area contributed by atoms with Gasteiger partial charge in [-0.05, 0) is 31.0 Å². The van der Waals surface area contributed by atoms with Crippen LogP contribution in [0.25, 0.3) is 0 Å². The van der Waals surface area contributed by atoms with Crippen LogP contribution in [0, 0.1) is 11.8 Å². The van der Waals surface area contributed by atoms with Crippen molar-refractivity contribution < 1.29 is 19.4 Å². The van der Waals surface area contributed by atoms with Crippen molar-refractivity contribution in [2.24, 2.45) is 0 Å². The summed E-state index contributed by atoms with van der Waals surface area (Å²) in [7, 11) is 0. The minimum Gasteiger partial charge on any atom is -0.481 e. The highest BCUT2D eigenvalue weighted by molar-refractivity contribution is 5.89. The van der Waals surface area contributed by atoms with Crippen LogP contribution in [0.4, 0.5) is 0 Å². The lowest BCUT2D eigenvalue weighted by molar-refractivity contribution is -0.137. The SMILES string of the molecule is CCOC(=O)C#Cc1ccc(CCC(=O)O)cc1. The molecule has 1 rings (SSSR count). The molecule has 0 fully saturated rings. The van der Waals surface area contributed by atoms with Gasteiger partial charge in [0.05, 0.1) is 6.61 Å². The Balaban J connectivity index is 2.60. The van der Waals surface area contributed by atoms with E-state index in [1.54, 1.807) is 31.2 Å². The van der Waals surface area contributed by atoms with Gasteiger partial charge in [-0.25, -0.2) is 4.79 Å². The monoisotopic (exact) mass is 246 g/mol. The lowest BCUT2D eigenvalue weighted by Crippen LogP contribution is -1.99. The molecule has 0 amide bonds. The molecule has 94 valence electrons. The molecule has 0 saturated heterocycles. The van der Waals surface area contributed by atoms with Crippen LogP contribution in [-0.4, -0.2) is 23.7 Å². The summed E-state index contributed by atoms with van der Waals surface area (Å²) in [4.78, 5) is 21.4. The van der Waals surface area contributed by atoms with Crippen molar-refractivity contribution in [3.63, 3.8) is 0 Å². The maximum atomic E-state index is 11.0. The highest BCUT2D eigenvalue weighted by Crippen LogP contribution is 2.05. The zero-order chi connectivity index (χ0) is 13.4. The average Bonchev–Trinajstić information content (AvgIpc) is 2.35.